The van der Waals surface area contributed by atoms with Crippen molar-refractivity contribution in [2.75, 3.05) is 7.11 Å². The van der Waals surface area contributed by atoms with E-state index in [4.69, 9.17) is 0 Å². The van der Waals surface area contributed by atoms with E-state index in [0.29, 0.717) is 0 Å². The molecular formula is C20H22N2O8. The smallest absolute Gasteiger partial charge is 0.305 e. The van der Waals surface area contributed by atoms with Crippen LogP contribution in [0.3, 0.4) is 0 Å². The first kappa shape index (κ1) is 22.3. The van der Waals surface area contributed by atoms with Crippen molar-refractivity contribution in [2.45, 2.75) is 25.4 Å². The van der Waals surface area contributed by atoms with Crippen LogP contribution in [0.1, 0.15) is 28.8 Å². The largest absolute Gasteiger partial charge is 0.504 e. The number of carbonyl (C=O) groups excluding carboxylic acids is 3. The Morgan fingerprint density at radius 1 is 0.967 bits per heavy atom. The molecule has 2 aromatic carbocycles. The van der Waals surface area contributed by atoms with Crippen LogP contribution >= 0.6 is 0 Å². The standard InChI is InChI=1S/C20H22N2O8/c1-30-16(25)9-8-13(22-19(28)12-5-3-7-15(24)18(12)27)20(29)21-10-11-4-2-6-14(23)17(11)26/h2-7,13,23-24,26-27H,8-10H2,1H3,(H,21,29)(H,22,28)/t13-/m0/s1. The third-order valence-corrected chi connectivity index (χ3v) is 4.30. The van der Waals surface area contributed by atoms with Gasteiger partial charge in [0, 0.05) is 18.5 Å². The van der Waals surface area contributed by atoms with Gasteiger partial charge in [0.2, 0.25) is 5.91 Å². The Labute approximate surface area is 171 Å². The van der Waals surface area contributed by atoms with Gasteiger partial charge < -0.3 is 35.8 Å². The van der Waals surface area contributed by atoms with E-state index in [0.717, 1.165) is 0 Å². The maximum Gasteiger partial charge on any atom is 0.305 e. The van der Waals surface area contributed by atoms with Crippen LogP contribution in [0.4, 0.5) is 0 Å². The van der Waals surface area contributed by atoms with Gasteiger partial charge in [-0.25, -0.2) is 0 Å². The Morgan fingerprint density at radius 3 is 2.27 bits per heavy atom. The summed E-state index contributed by atoms with van der Waals surface area (Å²) in [5, 5.41) is 43.6. The molecule has 0 bridgehead atoms. The van der Waals surface area contributed by atoms with E-state index in [1.807, 2.05) is 0 Å². The van der Waals surface area contributed by atoms with E-state index in [2.05, 4.69) is 15.4 Å². The number of rotatable bonds is 8. The van der Waals surface area contributed by atoms with E-state index in [9.17, 15) is 34.8 Å². The fourth-order valence-corrected chi connectivity index (χ4v) is 2.61. The van der Waals surface area contributed by atoms with Gasteiger partial charge in [-0.1, -0.05) is 18.2 Å². The number of carbonyl (C=O) groups is 3. The molecule has 10 heteroatoms. The van der Waals surface area contributed by atoms with Crippen molar-refractivity contribution in [1.29, 1.82) is 0 Å². The molecule has 6 N–H and O–H groups in total. The molecule has 0 saturated heterocycles. The molecule has 160 valence electrons. The summed E-state index contributed by atoms with van der Waals surface area (Å²) in [6, 6.07) is 6.86. The topological polar surface area (TPSA) is 165 Å². The Kier molecular flexibility index (Phi) is 7.45. The van der Waals surface area contributed by atoms with Gasteiger partial charge >= 0.3 is 5.97 Å². The van der Waals surface area contributed by atoms with Crippen molar-refractivity contribution in [1.82, 2.24) is 10.6 Å². The lowest BCUT2D eigenvalue weighted by molar-refractivity contribution is -0.140. The molecule has 2 rings (SSSR count). The zero-order valence-electron chi connectivity index (χ0n) is 16.1. The molecule has 0 heterocycles. The number of phenolic OH excluding ortho intramolecular Hbond substituents is 4. The average molecular weight is 418 g/mol. The fourth-order valence-electron chi connectivity index (χ4n) is 2.61. The molecule has 0 aliphatic carbocycles. The normalized spacial score (nSPS) is 11.4. The molecule has 0 aliphatic rings. The monoisotopic (exact) mass is 418 g/mol. The molecule has 0 radical (unpaired) electrons. The highest BCUT2D eigenvalue weighted by Crippen LogP contribution is 2.29. The van der Waals surface area contributed by atoms with Crippen LogP contribution in [-0.4, -0.2) is 51.4 Å². The fraction of sp³-hybridized carbons (Fsp3) is 0.250. The number of methoxy groups -OCH3 is 1. The highest BCUT2D eigenvalue weighted by Gasteiger charge is 2.24. The first-order valence-electron chi connectivity index (χ1n) is 8.90. The van der Waals surface area contributed by atoms with Crippen LogP contribution in [0.2, 0.25) is 0 Å². The molecule has 10 nitrogen and oxygen atoms in total. The van der Waals surface area contributed by atoms with Crippen LogP contribution in [-0.2, 0) is 20.9 Å². The second kappa shape index (κ2) is 10.0. The number of nitrogens with one attached hydrogen (secondary N) is 2. The molecule has 0 aliphatic heterocycles. The molecule has 30 heavy (non-hydrogen) atoms. The maximum absolute atomic E-state index is 12.6. The SMILES string of the molecule is COC(=O)CC[C@H](NC(=O)c1cccc(O)c1O)C(=O)NCc1cccc(O)c1O. The number of hydrogen-bond acceptors (Lipinski definition) is 8. The summed E-state index contributed by atoms with van der Waals surface area (Å²) in [5.41, 5.74) is -0.0106. The van der Waals surface area contributed by atoms with Crippen molar-refractivity contribution in [3.63, 3.8) is 0 Å². The first-order chi connectivity index (χ1) is 14.2. The average Bonchev–Trinajstić information content (AvgIpc) is 2.73. The number of ether oxygens (including phenoxy) is 1. The molecule has 0 fully saturated rings. The molecule has 0 aromatic heterocycles. The van der Waals surface area contributed by atoms with Crippen LogP contribution in [0.15, 0.2) is 36.4 Å². The number of hydrogen-bond donors (Lipinski definition) is 6. The van der Waals surface area contributed by atoms with Crippen molar-refractivity contribution in [3.05, 3.63) is 47.5 Å². The molecule has 2 amide bonds. The summed E-state index contributed by atoms with van der Waals surface area (Å²) in [5.74, 6) is -3.99. The van der Waals surface area contributed by atoms with E-state index in [1.54, 1.807) is 0 Å². The van der Waals surface area contributed by atoms with Crippen molar-refractivity contribution < 1.29 is 39.5 Å². The zero-order chi connectivity index (χ0) is 22.3. The van der Waals surface area contributed by atoms with Crippen LogP contribution in [0.25, 0.3) is 0 Å². The van der Waals surface area contributed by atoms with E-state index >= 15 is 0 Å². The van der Waals surface area contributed by atoms with Gasteiger partial charge in [0.1, 0.15) is 6.04 Å². The van der Waals surface area contributed by atoms with E-state index in [1.165, 1.54) is 43.5 Å². The third kappa shape index (κ3) is 5.53. The first-order valence-corrected chi connectivity index (χ1v) is 8.90. The van der Waals surface area contributed by atoms with Crippen molar-refractivity contribution in [2.24, 2.45) is 0 Å². The van der Waals surface area contributed by atoms with Gasteiger partial charge in [0.05, 0.1) is 12.7 Å². The second-order valence-electron chi connectivity index (χ2n) is 6.32. The van der Waals surface area contributed by atoms with Crippen molar-refractivity contribution in [3.8, 4) is 23.0 Å². The lowest BCUT2D eigenvalue weighted by Crippen LogP contribution is -2.46. The van der Waals surface area contributed by atoms with Crippen LogP contribution in [0, 0.1) is 0 Å². The number of amides is 2. The van der Waals surface area contributed by atoms with Gasteiger partial charge in [-0.05, 0) is 24.6 Å². The molecule has 2 aromatic rings. The Morgan fingerprint density at radius 2 is 1.60 bits per heavy atom. The summed E-state index contributed by atoms with van der Waals surface area (Å²) >= 11 is 0. The molecule has 0 spiro atoms. The second-order valence-corrected chi connectivity index (χ2v) is 6.32. The van der Waals surface area contributed by atoms with Crippen LogP contribution < -0.4 is 10.6 Å². The minimum Gasteiger partial charge on any atom is -0.504 e. The highest BCUT2D eigenvalue weighted by molar-refractivity contribution is 6.00. The molecule has 1 atom stereocenters. The maximum atomic E-state index is 12.6. The van der Waals surface area contributed by atoms with Crippen LogP contribution in [0.5, 0.6) is 23.0 Å². The lowest BCUT2D eigenvalue weighted by atomic mass is 10.1. The predicted molar refractivity (Wildman–Crippen MR) is 104 cm³/mol. The Hall–Kier alpha value is -3.95. The van der Waals surface area contributed by atoms with Gasteiger partial charge in [-0.2, -0.15) is 0 Å². The van der Waals surface area contributed by atoms with Gasteiger partial charge in [-0.15, -0.1) is 0 Å². The Bertz CT molecular complexity index is 944. The number of aromatic hydroxyl groups is 4. The highest BCUT2D eigenvalue weighted by atomic mass is 16.5. The summed E-state index contributed by atoms with van der Waals surface area (Å²) in [6.07, 6.45) is -0.270. The minimum atomic E-state index is -1.18. The minimum absolute atomic E-state index is 0.101. The van der Waals surface area contributed by atoms with E-state index < -0.39 is 41.1 Å². The van der Waals surface area contributed by atoms with E-state index in [-0.39, 0.29) is 36.3 Å². The molecule has 0 unspecified atom stereocenters. The Balaban J connectivity index is 2.13. The molecule has 0 saturated carbocycles. The molecular weight excluding hydrogens is 396 g/mol. The lowest BCUT2D eigenvalue weighted by Gasteiger charge is -2.19. The number of benzene rings is 2. The predicted octanol–water partition coefficient (Wildman–Crippen LogP) is 0.877. The van der Waals surface area contributed by atoms with Gasteiger partial charge in [-0.3, -0.25) is 14.4 Å². The quantitative estimate of drug-likeness (QED) is 0.271. The van der Waals surface area contributed by atoms with Crippen molar-refractivity contribution >= 4 is 17.8 Å². The number of para-hydroxylation sites is 2. The van der Waals surface area contributed by atoms with Gasteiger partial charge in [0.15, 0.2) is 23.0 Å². The van der Waals surface area contributed by atoms with Gasteiger partial charge in [0.25, 0.3) is 5.91 Å². The summed E-state index contributed by atoms with van der Waals surface area (Å²) in [4.78, 5) is 36.5. The number of phenols is 4. The zero-order valence-corrected chi connectivity index (χ0v) is 16.1. The number of esters is 1. The summed E-state index contributed by atoms with van der Waals surface area (Å²) in [7, 11) is 1.19. The summed E-state index contributed by atoms with van der Waals surface area (Å²) in [6.45, 7) is -0.152. The third-order valence-electron chi connectivity index (χ3n) is 4.30. The summed E-state index contributed by atoms with van der Waals surface area (Å²) < 4.78 is 4.55.